The third-order valence-electron chi connectivity index (χ3n) is 6.33. The van der Waals surface area contributed by atoms with Gasteiger partial charge >= 0.3 is 0 Å². The van der Waals surface area contributed by atoms with Crippen LogP contribution in [-0.4, -0.2) is 47.7 Å². The number of hydrogen-bond acceptors (Lipinski definition) is 7. The summed E-state index contributed by atoms with van der Waals surface area (Å²) in [7, 11) is 0. The Morgan fingerprint density at radius 1 is 1.03 bits per heavy atom. The van der Waals surface area contributed by atoms with Gasteiger partial charge in [0.25, 0.3) is 5.78 Å². The molecule has 1 atom stereocenters. The van der Waals surface area contributed by atoms with Crippen molar-refractivity contribution in [3.05, 3.63) is 65.0 Å². The minimum absolute atomic E-state index is 0.0441. The van der Waals surface area contributed by atoms with Crippen LogP contribution in [0.2, 0.25) is 0 Å². The summed E-state index contributed by atoms with van der Waals surface area (Å²) < 4.78 is 1.86. The summed E-state index contributed by atoms with van der Waals surface area (Å²) in [4.78, 5) is 20.7. The zero-order valence-electron chi connectivity index (χ0n) is 18.7. The minimum atomic E-state index is 0.0441. The first kappa shape index (κ1) is 20.5. The summed E-state index contributed by atoms with van der Waals surface area (Å²) in [6.07, 6.45) is 5.77. The Balaban J connectivity index is 1.29. The fourth-order valence-electron chi connectivity index (χ4n) is 4.51. The fourth-order valence-corrected chi connectivity index (χ4v) is 4.51. The number of aliphatic hydroxyl groups excluding tert-OH is 1. The van der Waals surface area contributed by atoms with Gasteiger partial charge in [-0.25, -0.2) is 14.5 Å². The van der Waals surface area contributed by atoms with Crippen molar-refractivity contribution < 1.29 is 5.11 Å². The highest BCUT2D eigenvalue weighted by molar-refractivity contribution is 5.59. The average molecular weight is 430 g/mol. The van der Waals surface area contributed by atoms with E-state index in [9.17, 15) is 5.11 Å². The van der Waals surface area contributed by atoms with Gasteiger partial charge in [-0.15, -0.1) is 0 Å². The fraction of sp³-hybridized carbons (Fsp3) is 0.375. The standard InChI is InChI=1S/C24H27N7O/c1-15-21(16(2)31-24(27-15)28-17(3)29-31)10-19-8-9-30(13-19)23-12-25-22(11-26-23)20-6-4-18(14-32)5-7-20/h4-7,11-12,19,32H,8-10,13-14H2,1-3H3. The van der Waals surface area contributed by atoms with Crippen molar-refractivity contribution in [2.24, 2.45) is 5.92 Å². The zero-order valence-corrected chi connectivity index (χ0v) is 18.7. The van der Waals surface area contributed by atoms with Crippen molar-refractivity contribution in [3.8, 4) is 11.3 Å². The second-order valence-electron chi connectivity index (χ2n) is 8.55. The predicted molar refractivity (Wildman–Crippen MR) is 122 cm³/mol. The third kappa shape index (κ3) is 3.82. The number of hydrogen-bond donors (Lipinski definition) is 1. The maximum absolute atomic E-state index is 9.21. The number of nitrogens with zero attached hydrogens (tertiary/aromatic N) is 7. The van der Waals surface area contributed by atoms with Crippen LogP contribution in [0.1, 0.15) is 34.8 Å². The van der Waals surface area contributed by atoms with E-state index in [1.54, 1.807) is 0 Å². The highest BCUT2D eigenvalue weighted by atomic mass is 16.3. The van der Waals surface area contributed by atoms with Crippen LogP contribution < -0.4 is 4.90 Å². The van der Waals surface area contributed by atoms with Crippen LogP contribution in [0, 0.1) is 26.7 Å². The highest BCUT2D eigenvalue weighted by Gasteiger charge is 2.26. The largest absolute Gasteiger partial charge is 0.392 e. The summed E-state index contributed by atoms with van der Waals surface area (Å²) in [5, 5.41) is 13.7. The number of rotatable bonds is 5. The van der Waals surface area contributed by atoms with Crippen molar-refractivity contribution >= 4 is 11.6 Å². The minimum Gasteiger partial charge on any atom is -0.392 e. The second kappa shape index (κ2) is 8.27. The number of aliphatic hydroxyl groups is 1. The molecule has 8 heteroatoms. The third-order valence-corrected chi connectivity index (χ3v) is 6.33. The number of benzene rings is 1. The Bertz CT molecular complexity index is 1250. The molecule has 3 aromatic heterocycles. The lowest BCUT2D eigenvalue weighted by molar-refractivity contribution is 0.282. The number of anilines is 1. The van der Waals surface area contributed by atoms with Gasteiger partial charge in [0.1, 0.15) is 11.6 Å². The van der Waals surface area contributed by atoms with Crippen molar-refractivity contribution in [2.75, 3.05) is 18.0 Å². The molecule has 32 heavy (non-hydrogen) atoms. The first-order valence-electron chi connectivity index (χ1n) is 11.0. The van der Waals surface area contributed by atoms with Gasteiger partial charge in [0.2, 0.25) is 0 Å². The molecule has 0 radical (unpaired) electrons. The Morgan fingerprint density at radius 2 is 1.84 bits per heavy atom. The van der Waals surface area contributed by atoms with Crippen LogP contribution in [0.3, 0.4) is 0 Å². The van der Waals surface area contributed by atoms with E-state index >= 15 is 0 Å². The lowest BCUT2D eigenvalue weighted by atomic mass is 9.96. The van der Waals surface area contributed by atoms with E-state index in [1.807, 2.05) is 48.1 Å². The van der Waals surface area contributed by atoms with Crippen LogP contribution in [0.25, 0.3) is 17.0 Å². The summed E-state index contributed by atoms with van der Waals surface area (Å²) >= 11 is 0. The lowest BCUT2D eigenvalue weighted by Gasteiger charge is -2.18. The lowest BCUT2D eigenvalue weighted by Crippen LogP contribution is -2.22. The molecule has 4 aromatic rings. The molecule has 1 aromatic carbocycles. The zero-order chi connectivity index (χ0) is 22.2. The molecule has 0 aliphatic carbocycles. The van der Waals surface area contributed by atoms with Gasteiger partial charge in [-0.1, -0.05) is 24.3 Å². The number of aryl methyl sites for hydroxylation is 3. The van der Waals surface area contributed by atoms with E-state index < -0.39 is 0 Å². The van der Waals surface area contributed by atoms with Crippen molar-refractivity contribution in [3.63, 3.8) is 0 Å². The molecule has 0 saturated carbocycles. The highest BCUT2D eigenvalue weighted by Crippen LogP contribution is 2.27. The van der Waals surface area contributed by atoms with E-state index in [-0.39, 0.29) is 6.61 Å². The monoisotopic (exact) mass is 429 g/mol. The molecule has 1 aliphatic heterocycles. The Kier molecular flexibility index (Phi) is 5.30. The average Bonchev–Trinajstić information content (AvgIpc) is 3.43. The van der Waals surface area contributed by atoms with E-state index in [0.717, 1.165) is 65.8 Å². The molecule has 1 N–H and O–H groups in total. The molecule has 1 aliphatic rings. The molecule has 5 rings (SSSR count). The summed E-state index contributed by atoms with van der Waals surface area (Å²) in [6.45, 7) is 8.04. The Labute approximate surface area is 187 Å². The van der Waals surface area contributed by atoms with Gasteiger partial charge in [0, 0.05) is 30.0 Å². The van der Waals surface area contributed by atoms with Crippen LogP contribution in [-0.2, 0) is 13.0 Å². The van der Waals surface area contributed by atoms with Gasteiger partial charge < -0.3 is 10.0 Å². The molecule has 8 nitrogen and oxygen atoms in total. The first-order chi connectivity index (χ1) is 15.5. The van der Waals surface area contributed by atoms with Gasteiger partial charge in [0.15, 0.2) is 0 Å². The van der Waals surface area contributed by atoms with Gasteiger partial charge in [-0.2, -0.15) is 10.1 Å². The van der Waals surface area contributed by atoms with Crippen LogP contribution >= 0.6 is 0 Å². The summed E-state index contributed by atoms with van der Waals surface area (Å²) in [5.74, 6) is 2.87. The smallest absolute Gasteiger partial charge is 0.252 e. The first-order valence-corrected chi connectivity index (χ1v) is 11.0. The molecule has 1 fully saturated rings. The quantitative estimate of drug-likeness (QED) is 0.521. The van der Waals surface area contributed by atoms with Gasteiger partial charge in [-0.05, 0) is 50.7 Å². The number of fused-ring (bicyclic) bond motifs is 1. The molecule has 4 heterocycles. The maximum atomic E-state index is 9.21. The Hall–Kier alpha value is -3.39. The molecule has 0 bridgehead atoms. The molecule has 164 valence electrons. The number of aromatic nitrogens is 6. The summed E-state index contributed by atoms with van der Waals surface area (Å²) in [5.41, 5.74) is 6.16. The molecule has 0 spiro atoms. The van der Waals surface area contributed by atoms with Crippen LogP contribution in [0.15, 0.2) is 36.7 Å². The predicted octanol–water partition coefficient (Wildman–Crippen LogP) is 3.07. The van der Waals surface area contributed by atoms with Gasteiger partial charge in [-0.3, -0.25) is 4.98 Å². The molecule has 1 unspecified atom stereocenters. The van der Waals surface area contributed by atoms with E-state index in [0.29, 0.717) is 11.7 Å². The van der Waals surface area contributed by atoms with E-state index in [2.05, 4.69) is 43.8 Å². The maximum Gasteiger partial charge on any atom is 0.252 e. The van der Waals surface area contributed by atoms with Crippen LogP contribution in [0.4, 0.5) is 5.82 Å². The van der Waals surface area contributed by atoms with E-state index in [4.69, 9.17) is 0 Å². The van der Waals surface area contributed by atoms with Crippen molar-refractivity contribution in [1.29, 1.82) is 0 Å². The molecular formula is C24H27N7O. The van der Waals surface area contributed by atoms with Crippen LogP contribution in [0.5, 0.6) is 0 Å². The normalized spacial score (nSPS) is 16.2. The SMILES string of the molecule is Cc1nc2nc(C)c(CC3CCN(c4cnc(-c5ccc(CO)cc5)cn4)C3)c(C)n2n1. The summed E-state index contributed by atoms with van der Waals surface area (Å²) in [6, 6.07) is 7.75. The topological polar surface area (TPSA) is 92.3 Å². The van der Waals surface area contributed by atoms with Crippen molar-refractivity contribution in [1.82, 2.24) is 29.5 Å². The van der Waals surface area contributed by atoms with E-state index in [1.165, 1.54) is 5.56 Å². The molecule has 0 amide bonds. The van der Waals surface area contributed by atoms with Crippen molar-refractivity contribution in [2.45, 2.75) is 40.2 Å². The molecule has 1 saturated heterocycles. The Morgan fingerprint density at radius 3 is 2.56 bits per heavy atom. The second-order valence-corrected chi connectivity index (χ2v) is 8.55. The molecular weight excluding hydrogens is 402 g/mol. The van der Waals surface area contributed by atoms with Gasteiger partial charge in [0.05, 0.1) is 24.7 Å².